The van der Waals surface area contributed by atoms with Crippen LogP contribution in [0.15, 0.2) is 36.4 Å². The number of carbonyl (C=O) groups excluding carboxylic acids is 2. The van der Waals surface area contributed by atoms with Crippen LogP contribution in [0.4, 0.5) is 37.7 Å². The third-order valence-corrected chi connectivity index (χ3v) is 3.95. The molecule has 0 aliphatic heterocycles. The normalized spacial score (nSPS) is 11.6. The van der Waals surface area contributed by atoms with Crippen molar-refractivity contribution >= 4 is 23.2 Å². The zero-order chi connectivity index (χ0) is 23.4. The van der Waals surface area contributed by atoms with E-state index in [9.17, 15) is 35.9 Å². The van der Waals surface area contributed by atoms with Gasteiger partial charge in [-0.15, -0.1) is 0 Å². The van der Waals surface area contributed by atoms with Crippen LogP contribution in [0, 0.1) is 0 Å². The molecule has 168 valence electrons. The van der Waals surface area contributed by atoms with E-state index in [0.717, 1.165) is 0 Å². The van der Waals surface area contributed by atoms with Crippen LogP contribution in [-0.4, -0.2) is 38.4 Å². The zero-order valence-corrected chi connectivity index (χ0v) is 16.1. The molecular formula is C19H16F6N2O4. The Morgan fingerprint density at radius 1 is 0.742 bits per heavy atom. The van der Waals surface area contributed by atoms with Crippen LogP contribution in [0.25, 0.3) is 0 Å². The van der Waals surface area contributed by atoms with Crippen molar-refractivity contribution in [2.75, 3.05) is 24.9 Å². The summed E-state index contributed by atoms with van der Waals surface area (Å²) in [6.45, 7) is 0. The van der Waals surface area contributed by atoms with Gasteiger partial charge in [0.1, 0.15) is 11.5 Å². The second-order valence-corrected chi connectivity index (χ2v) is 6.15. The van der Waals surface area contributed by atoms with Crippen LogP contribution < -0.4 is 20.1 Å². The highest BCUT2D eigenvalue weighted by atomic mass is 19.4. The highest BCUT2D eigenvalue weighted by Gasteiger charge is 2.39. The van der Waals surface area contributed by atoms with Crippen LogP contribution in [0.3, 0.4) is 0 Å². The lowest BCUT2D eigenvalue weighted by molar-refractivity contribution is -0.167. The number of rotatable bonds is 6. The molecule has 31 heavy (non-hydrogen) atoms. The number of ether oxygens (including phenoxy) is 2. The predicted molar refractivity (Wildman–Crippen MR) is 98.2 cm³/mol. The third-order valence-electron chi connectivity index (χ3n) is 3.95. The number of amides is 2. The maximum atomic E-state index is 12.4. The quantitative estimate of drug-likeness (QED) is 0.644. The minimum Gasteiger partial charge on any atom is -0.495 e. The molecule has 2 amide bonds. The van der Waals surface area contributed by atoms with Crippen LogP contribution in [0.2, 0.25) is 0 Å². The molecule has 0 radical (unpaired) electrons. The Hall–Kier alpha value is -3.44. The molecule has 2 aromatic rings. The smallest absolute Gasteiger partial charge is 0.471 e. The first-order valence-corrected chi connectivity index (χ1v) is 8.45. The van der Waals surface area contributed by atoms with Gasteiger partial charge in [0.2, 0.25) is 0 Å². The first-order chi connectivity index (χ1) is 14.3. The Balaban J connectivity index is 2.22. The fourth-order valence-corrected chi connectivity index (χ4v) is 2.52. The highest BCUT2D eigenvalue weighted by Crippen LogP contribution is 2.31. The largest absolute Gasteiger partial charge is 0.495 e. The van der Waals surface area contributed by atoms with E-state index in [-0.39, 0.29) is 29.3 Å². The SMILES string of the molecule is COc1cc(Cc2ccc(NC(=O)C(F)(F)F)c(OC)c2)ccc1NC(=O)C(F)(F)F. The summed E-state index contributed by atoms with van der Waals surface area (Å²) >= 11 is 0. The molecule has 6 nitrogen and oxygen atoms in total. The van der Waals surface area contributed by atoms with Crippen LogP contribution in [0.1, 0.15) is 11.1 Å². The Morgan fingerprint density at radius 2 is 1.10 bits per heavy atom. The van der Waals surface area contributed by atoms with E-state index >= 15 is 0 Å². The van der Waals surface area contributed by atoms with E-state index in [4.69, 9.17) is 9.47 Å². The molecule has 0 fully saturated rings. The Bertz CT molecular complexity index is 895. The zero-order valence-electron chi connectivity index (χ0n) is 16.1. The molecule has 2 aromatic carbocycles. The summed E-state index contributed by atoms with van der Waals surface area (Å²) in [4.78, 5) is 22.2. The molecule has 0 atom stereocenters. The predicted octanol–water partition coefficient (Wildman–Crippen LogP) is 4.30. The van der Waals surface area contributed by atoms with E-state index < -0.39 is 24.2 Å². The van der Waals surface area contributed by atoms with Crippen LogP contribution in [0.5, 0.6) is 11.5 Å². The summed E-state index contributed by atoms with van der Waals surface area (Å²) in [6, 6.07) is 8.15. The van der Waals surface area contributed by atoms with Gasteiger partial charge in [0, 0.05) is 0 Å². The Morgan fingerprint density at radius 3 is 1.39 bits per heavy atom. The number of hydrogen-bond acceptors (Lipinski definition) is 4. The Labute approximate surface area is 172 Å². The second-order valence-electron chi connectivity index (χ2n) is 6.15. The Kier molecular flexibility index (Phi) is 7.03. The van der Waals surface area contributed by atoms with Crippen molar-refractivity contribution in [2.45, 2.75) is 18.8 Å². The van der Waals surface area contributed by atoms with E-state index in [2.05, 4.69) is 0 Å². The number of anilines is 2. The van der Waals surface area contributed by atoms with E-state index in [0.29, 0.717) is 11.1 Å². The molecule has 0 saturated carbocycles. The van der Waals surface area contributed by atoms with Gasteiger partial charge in [-0.1, -0.05) is 12.1 Å². The summed E-state index contributed by atoms with van der Waals surface area (Å²) in [5.74, 6) is -4.34. The number of methoxy groups -OCH3 is 2. The number of benzene rings is 2. The molecule has 0 heterocycles. The molecule has 2 N–H and O–H groups in total. The molecule has 0 aliphatic rings. The maximum absolute atomic E-state index is 12.4. The summed E-state index contributed by atoms with van der Waals surface area (Å²) in [7, 11) is 2.42. The lowest BCUT2D eigenvalue weighted by Gasteiger charge is -2.15. The highest BCUT2D eigenvalue weighted by molar-refractivity contribution is 5.96. The molecule has 0 bridgehead atoms. The maximum Gasteiger partial charge on any atom is 0.471 e. The topological polar surface area (TPSA) is 76.7 Å². The average Bonchev–Trinajstić information content (AvgIpc) is 2.68. The molecule has 0 saturated heterocycles. The summed E-state index contributed by atoms with van der Waals surface area (Å²) in [6.07, 6.45) is -9.93. The van der Waals surface area contributed by atoms with Crippen molar-refractivity contribution in [2.24, 2.45) is 0 Å². The summed E-state index contributed by atoms with van der Waals surface area (Å²) in [5.41, 5.74) is 0.764. The lowest BCUT2D eigenvalue weighted by Crippen LogP contribution is -2.30. The lowest BCUT2D eigenvalue weighted by atomic mass is 10.0. The monoisotopic (exact) mass is 450 g/mol. The first kappa shape index (κ1) is 23.8. The summed E-state index contributed by atoms with van der Waals surface area (Å²) < 4.78 is 84.6. The van der Waals surface area contributed by atoms with Gasteiger partial charge in [-0.3, -0.25) is 9.59 Å². The van der Waals surface area contributed by atoms with Crippen LogP contribution in [-0.2, 0) is 16.0 Å². The second kappa shape index (κ2) is 9.14. The van der Waals surface area contributed by atoms with Crippen molar-refractivity contribution < 1.29 is 45.4 Å². The fraction of sp³-hybridized carbons (Fsp3) is 0.263. The molecule has 0 aromatic heterocycles. The van der Waals surface area contributed by atoms with Gasteiger partial charge >= 0.3 is 24.2 Å². The van der Waals surface area contributed by atoms with Gasteiger partial charge in [0.25, 0.3) is 0 Å². The average molecular weight is 450 g/mol. The molecule has 2 rings (SSSR count). The van der Waals surface area contributed by atoms with Gasteiger partial charge < -0.3 is 20.1 Å². The van der Waals surface area contributed by atoms with E-state index in [1.54, 1.807) is 10.6 Å². The van der Waals surface area contributed by atoms with Crippen molar-refractivity contribution in [3.8, 4) is 11.5 Å². The van der Waals surface area contributed by atoms with Crippen molar-refractivity contribution in [1.82, 2.24) is 0 Å². The van der Waals surface area contributed by atoms with Gasteiger partial charge in [0.05, 0.1) is 25.6 Å². The molecule has 12 heteroatoms. The van der Waals surface area contributed by atoms with Crippen LogP contribution >= 0.6 is 0 Å². The molecule has 0 unspecified atom stereocenters. The molecule has 0 aliphatic carbocycles. The molecular weight excluding hydrogens is 434 g/mol. The fourth-order valence-electron chi connectivity index (χ4n) is 2.52. The standard InChI is InChI=1S/C19H16F6N2O4/c1-30-14-8-10(3-5-12(14)26-16(28)18(20,21)22)7-11-4-6-13(15(9-11)31-2)27-17(29)19(23,24)25/h3-6,8-9H,7H2,1-2H3,(H,26,28)(H,27,29). The van der Waals surface area contributed by atoms with Gasteiger partial charge in [-0.05, 0) is 41.8 Å². The number of hydrogen-bond donors (Lipinski definition) is 2. The van der Waals surface area contributed by atoms with Gasteiger partial charge in [-0.2, -0.15) is 26.3 Å². The number of carbonyl (C=O) groups is 2. The number of halogens is 6. The summed E-state index contributed by atoms with van der Waals surface area (Å²) in [5, 5.41) is 3.41. The van der Waals surface area contributed by atoms with Crippen molar-refractivity contribution in [1.29, 1.82) is 0 Å². The van der Waals surface area contributed by atoms with Crippen molar-refractivity contribution in [3.05, 3.63) is 47.5 Å². The van der Waals surface area contributed by atoms with E-state index in [1.807, 2.05) is 0 Å². The third kappa shape index (κ3) is 6.27. The van der Waals surface area contributed by atoms with Gasteiger partial charge in [-0.25, -0.2) is 0 Å². The minimum atomic E-state index is -5.07. The first-order valence-electron chi connectivity index (χ1n) is 8.45. The number of nitrogens with one attached hydrogen (secondary N) is 2. The van der Waals surface area contributed by atoms with Crippen molar-refractivity contribution in [3.63, 3.8) is 0 Å². The minimum absolute atomic E-state index is 0.0175. The molecule has 0 spiro atoms. The number of alkyl halides is 6. The van der Waals surface area contributed by atoms with Gasteiger partial charge in [0.15, 0.2) is 0 Å². The van der Waals surface area contributed by atoms with E-state index in [1.165, 1.54) is 50.6 Å².